The molecule has 1 atom stereocenters. The number of likely N-dealkylation sites (tertiary alicyclic amines) is 1. The van der Waals surface area contributed by atoms with Crippen LogP contribution in [0.15, 0.2) is 24.3 Å². The van der Waals surface area contributed by atoms with E-state index in [1.165, 1.54) is 11.1 Å². The Hall–Kier alpha value is -1.67. The number of hydrogen-bond acceptors (Lipinski definition) is 5. The molecule has 1 aromatic rings. The summed E-state index contributed by atoms with van der Waals surface area (Å²) in [6.45, 7) is 9.57. The second-order valence-corrected chi connectivity index (χ2v) is 7.67. The molecule has 0 aliphatic carbocycles. The zero-order chi connectivity index (χ0) is 19.6. The Morgan fingerprint density at radius 1 is 1.14 bits per heavy atom. The standard InChI is InChI=1S/C21H34N4O3/c1-27-11-8-24-7-6-18(16-24)14-22-21(26)23-15-19-4-2-3-5-20(19)17-25-9-12-28-13-10-25/h2-5,18H,6-17H2,1H3,(H2,22,23,26). The Bertz CT molecular complexity index is 607. The minimum Gasteiger partial charge on any atom is -0.383 e. The smallest absolute Gasteiger partial charge is 0.315 e. The number of hydrogen-bond donors (Lipinski definition) is 2. The molecule has 2 N–H and O–H groups in total. The molecule has 7 heteroatoms. The average Bonchev–Trinajstić information content (AvgIpc) is 3.19. The predicted molar refractivity (Wildman–Crippen MR) is 109 cm³/mol. The molecule has 0 aromatic heterocycles. The summed E-state index contributed by atoms with van der Waals surface area (Å²) in [4.78, 5) is 17.0. The summed E-state index contributed by atoms with van der Waals surface area (Å²) < 4.78 is 10.6. The van der Waals surface area contributed by atoms with Gasteiger partial charge in [-0.05, 0) is 30.0 Å². The molecule has 156 valence electrons. The van der Waals surface area contributed by atoms with Gasteiger partial charge in [-0.2, -0.15) is 0 Å². The quantitative estimate of drug-likeness (QED) is 0.665. The summed E-state index contributed by atoms with van der Waals surface area (Å²) in [5.41, 5.74) is 2.45. The number of nitrogens with zero attached hydrogens (tertiary/aromatic N) is 2. The number of carbonyl (C=O) groups excluding carboxylic acids is 1. The lowest BCUT2D eigenvalue weighted by molar-refractivity contribution is 0.0341. The second kappa shape index (κ2) is 11.4. The van der Waals surface area contributed by atoms with E-state index >= 15 is 0 Å². The molecule has 1 unspecified atom stereocenters. The van der Waals surface area contributed by atoms with E-state index in [4.69, 9.17) is 9.47 Å². The summed E-state index contributed by atoms with van der Waals surface area (Å²) >= 11 is 0. The Kier molecular flexibility index (Phi) is 8.54. The number of carbonyl (C=O) groups is 1. The van der Waals surface area contributed by atoms with Crippen molar-refractivity contribution in [1.82, 2.24) is 20.4 Å². The van der Waals surface area contributed by atoms with Gasteiger partial charge in [0.15, 0.2) is 0 Å². The number of amides is 2. The van der Waals surface area contributed by atoms with Gasteiger partial charge in [-0.1, -0.05) is 24.3 Å². The molecule has 1 aromatic carbocycles. The van der Waals surface area contributed by atoms with Crippen molar-refractivity contribution in [3.63, 3.8) is 0 Å². The van der Waals surface area contributed by atoms with Gasteiger partial charge in [0.05, 0.1) is 19.8 Å². The van der Waals surface area contributed by atoms with E-state index < -0.39 is 0 Å². The van der Waals surface area contributed by atoms with Crippen LogP contribution in [0, 0.1) is 5.92 Å². The van der Waals surface area contributed by atoms with Gasteiger partial charge in [0, 0.05) is 52.9 Å². The van der Waals surface area contributed by atoms with Gasteiger partial charge in [0.2, 0.25) is 0 Å². The van der Waals surface area contributed by atoms with Crippen LogP contribution in [0.25, 0.3) is 0 Å². The van der Waals surface area contributed by atoms with Crippen LogP contribution in [-0.4, -0.2) is 82.0 Å². The third-order valence-corrected chi connectivity index (χ3v) is 5.59. The van der Waals surface area contributed by atoms with Gasteiger partial charge in [-0.25, -0.2) is 4.79 Å². The number of rotatable bonds is 9. The molecule has 2 amide bonds. The maximum Gasteiger partial charge on any atom is 0.315 e. The molecule has 2 heterocycles. The highest BCUT2D eigenvalue weighted by molar-refractivity contribution is 5.73. The maximum absolute atomic E-state index is 12.2. The largest absolute Gasteiger partial charge is 0.383 e. The fourth-order valence-corrected chi connectivity index (χ4v) is 3.86. The molecule has 28 heavy (non-hydrogen) atoms. The molecule has 2 saturated heterocycles. The molecule has 2 fully saturated rings. The van der Waals surface area contributed by atoms with Crippen molar-refractivity contribution in [2.75, 3.05) is 66.2 Å². The fraction of sp³-hybridized carbons (Fsp3) is 0.667. The van der Waals surface area contributed by atoms with Gasteiger partial charge >= 0.3 is 6.03 Å². The van der Waals surface area contributed by atoms with Crippen LogP contribution in [-0.2, 0) is 22.6 Å². The number of morpholine rings is 1. The van der Waals surface area contributed by atoms with E-state index in [1.54, 1.807) is 7.11 Å². The van der Waals surface area contributed by atoms with Crippen molar-refractivity contribution in [1.29, 1.82) is 0 Å². The second-order valence-electron chi connectivity index (χ2n) is 7.67. The Labute approximate surface area is 168 Å². The van der Waals surface area contributed by atoms with Crippen LogP contribution >= 0.6 is 0 Å². The molecular weight excluding hydrogens is 356 g/mol. The van der Waals surface area contributed by atoms with Crippen molar-refractivity contribution in [2.45, 2.75) is 19.5 Å². The van der Waals surface area contributed by atoms with Gasteiger partial charge in [-0.15, -0.1) is 0 Å². The van der Waals surface area contributed by atoms with Gasteiger partial charge in [0.1, 0.15) is 0 Å². The van der Waals surface area contributed by atoms with Crippen LogP contribution in [0.2, 0.25) is 0 Å². The van der Waals surface area contributed by atoms with E-state index in [0.717, 1.165) is 72.1 Å². The summed E-state index contributed by atoms with van der Waals surface area (Å²) in [7, 11) is 1.73. The molecule has 0 spiro atoms. The van der Waals surface area contributed by atoms with Crippen LogP contribution in [0.4, 0.5) is 4.79 Å². The Morgan fingerprint density at radius 3 is 2.71 bits per heavy atom. The van der Waals surface area contributed by atoms with E-state index in [-0.39, 0.29) is 6.03 Å². The fourth-order valence-electron chi connectivity index (χ4n) is 3.86. The van der Waals surface area contributed by atoms with E-state index in [0.29, 0.717) is 12.5 Å². The average molecular weight is 391 g/mol. The number of nitrogens with one attached hydrogen (secondary N) is 2. The zero-order valence-corrected chi connectivity index (χ0v) is 17.0. The zero-order valence-electron chi connectivity index (χ0n) is 17.0. The van der Waals surface area contributed by atoms with Crippen LogP contribution < -0.4 is 10.6 Å². The molecular formula is C21H34N4O3. The number of ether oxygens (including phenoxy) is 2. The number of benzene rings is 1. The Balaban J connectivity index is 1.39. The highest BCUT2D eigenvalue weighted by Crippen LogP contribution is 2.15. The SMILES string of the molecule is COCCN1CCC(CNC(=O)NCc2ccccc2CN2CCOCC2)C1. The minimum absolute atomic E-state index is 0.0866. The van der Waals surface area contributed by atoms with Crippen molar-refractivity contribution < 1.29 is 14.3 Å². The van der Waals surface area contributed by atoms with Crippen LogP contribution in [0.3, 0.4) is 0 Å². The molecule has 0 bridgehead atoms. The van der Waals surface area contributed by atoms with Gasteiger partial charge < -0.3 is 25.0 Å². The van der Waals surface area contributed by atoms with E-state index in [1.807, 2.05) is 6.07 Å². The normalized spacial score (nSPS) is 21.0. The number of methoxy groups -OCH3 is 1. The van der Waals surface area contributed by atoms with Crippen molar-refractivity contribution >= 4 is 6.03 Å². The topological polar surface area (TPSA) is 66.1 Å². The predicted octanol–water partition coefficient (Wildman–Crippen LogP) is 1.29. The van der Waals surface area contributed by atoms with Gasteiger partial charge in [0.25, 0.3) is 0 Å². The highest BCUT2D eigenvalue weighted by Gasteiger charge is 2.22. The monoisotopic (exact) mass is 390 g/mol. The Morgan fingerprint density at radius 2 is 1.93 bits per heavy atom. The third kappa shape index (κ3) is 6.74. The lowest BCUT2D eigenvalue weighted by Crippen LogP contribution is -2.39. The summed E-state index contributed by atoms with van der Waals surface area (Å²) in [6.07, 6.45) is 1.13. The summed E-state index contributed by atoms with van der Waals surface area (Å²) in [5.74, 6) is 0.524. The first-order valence-corrected chi connectivity index (χ1v) is 10.3. The van der Waals surface area contributed by atoms with Crippen molar-refractivity contribution in [2.24, 2.45) is 5.92 Å². The van der Waals surface area contributed by atoms with Crippen LogP contribution in [0.5, 0.6) is 0 Å². The molecule has 3 rings (SSSR count). The molecule has 7 nitrogen and oxygen atoms in total. The first-order valence-electron chi connectivity index (χ1n) is 10.3. The number of urea groups is 1. The molecule has 2 aliphatic heterocycles. The molecule has 0 saturated carbocycles. The maximum atomic E-state index is 12.2. The summed E-state index contributed by atoms with van der Waals surface area (Å²) in [5, 5.41) is 6.06. The lowest BCUT2D eigenvalue weighted by atomic mass is 10.1. The first-order chi connectivity index (χ1) is 13.7. The lowest BCUT2D eigenvalue weighted by Gasteiger charge is -2.27. The molecule has 0 radical (unpaired) electrons. The van der Waals surface area contributed by atoms with Crippen molar-refractivity contribution in [3.05, 3.63) is 35.4 Å². The minimum atomic E-state index is -0.0866. The van der Waals surface area contributed by atoms with E-state index in [2.05, 4.69) is 38.6 Å². The van der Waals surface area contributed by atoms with Gasteiger partial charge in [-0.3, -0.25) is 4.90 Å². The summed E-state index contributed by atoms with van der Waals surface area (Å²) in [6, 6.07) is 8.26. The first kappa shape index (κ1) is 21.0. The highest BCUT2D eigenvalue weighted by atomic mass is 16.5. The van der Waals surface area contributed by atoms with E-state index in [9.17, 15) is 4.79 Å². The third-order valence-electron chi connectivity index (χ3n) is 5.59. The molecule has 2 aliphatic rings. The van der Waals surface area contributed by atoms with Crippen molar-refractivity contribution in [3.8, 4) is 0 Å². The van der Waals surface area contributed by atoms with Crippen LogP contribution in [0.1, 0.15) is 17.5 Å².